The largest absolute Gasteiger partial charge is 0.417 e. The molecule has 0 aliphatic heterocycles. The van der Waals surface area contributed by atoms with Crippen LogP contribution in [-0.2, 0) is 22.7 Å². The van der Waals surface area contributed by atoms with Crippen LogP contribution in [0.1, 0.15) is 34.6 Å². The zero-order valence-corrected chi connectivity index (χ0v) is 16.2. The zero-order valence-electron chi connectivity index (χ0n) is 15.3. The fourth-order valence-electron chi connectivity index (χ4n) is 2.76. The Labute approximate surface area is 169 Å². The fraction of sp³-hybridized carbons (Fsp3) is 0.278. The summed E-state index contributed by atoms with van der Waals surface area (Å²) >= 11 is 0. The summed E-state index contributed by atoms with van der Waals surface area (Å²) in [5.74, 6) is -0.407. The molecule has 1 aliphatic rings. The molecule has 4 rings (SSSR count). The number of alkyl halides is 3. The minimum Gasteiger partial charge on any atom is -0.345 e. The molecule has 2 heterocycles. The Hall–Kier alpha value is -2.99. The van der Waals surface area contributed by atoms with Gasteiger partial charge in [-0.3, -0.25) is 9.20 Å². The maximum Gasteiger partial charge on any atom is 0.417 e. The number of pyridine rings is 1. The number of carbonyl (C=O) groups excluding carboxylic acids is 1. The molecule has 0 unspecified atom stereocenters. The summed E-state index contributed by atoms with van der Waals surface area (Å²) in [6.45, 7) is -0.162. The molecule has 1 saturated carbocycles. The van der Waals surface area contributed by atoms with Crippen molar-refractivity contribution in [2.24, 2.45) is 0 Å². The Kier molecular flexibility index (Phi) is 4.98. The van der Waals surface area contributed by atoms with E-state index in [9.17, 15) is 26.4 Å². The molecule has 30 heavy (non-hydrogen) atoms. The second kappa shape index (κ2) is 7.36. The van der Waals surface area contributed by atoms with Gasteiger partial charge in [0.05, 0.1) is 17.0 Å². The van der Waals surface area contributed by atoms with Crippen molar-refractivity contribution in [3.05, 3.63) is 59.5 Å². The van der Waals surface area contributed by atoms with Crippen LogP contribution in [0.15, 0.2) is 47.5 Å². The highest BCUT2D eigenvalue weighted by Gasteiger charge is 2.31. The van der Waals surface area contributed by atoms with Crippen molar-refractivity contribution in [1.82, 2.24) is 24.6 Å². The Bertz CT molecular complexity index is 1200. The van der Waals surface area contributed by atoms with Gasteiger partial charge < -0.3 is 5.32 Å². The molecule has 8 nitrogen and oxygen atoms in total. The maximum atomic E-state index is 12.9. The van der Waals surface area contributed by atoms with Gasteiger partial charge in [-0.15, -0.1) is 10.2 Å². The number of amides is 1. The third-order valence-electron chi connectivity index (χ3n) is 4.53. The lowest BCUT2D eigenvalue weighted by molar-refractivity contribution is -0.137. The van der Waals surface area contributed by atoms with Gasteiger partial charge in [0.1, 0.15) is 0 Å². The van der Waals surface area contributed by atoms with E-state index >= 15 is 0 Å². The summed E-state index contributed by atoms with van der Waals surface area (Å²) in [6.07, 6.45) is -2.04. The van der Waals surface area contributed by atoms with E-state index in [2.05, 4.69) is 20.2 Å². The van der Waals surface area contributed by atoms with Crippen LogP contribution in [0.5, 0.6) is 0 Å². The molecule has 0 radical (unpaired) electrons. The predicted molar refractivity (Wildman–Crippen MR) is 98.9 cm³/mol. The monoisotopic (exact) mass is 439 g/mol. The molecule has 1 aliphatic carbocycles. The smallest absolute Gasteiger partial charge is 0.345 e. The van der Waals surface area contributed by atoms with E-state index in [-0.39, 0.29) is 34.5 Å². The van der Waals surface area contributed by atoms with Gasteiger partial charge in [0, 0.05) is 17.8 Å². The number of aromatic nitrogens is 3. The number of rotatable bonds is 6. The SMILES string of the molecule is O=C(NCc1nnc2ccc(C(F)(F)F)cn12)c1ccc(S(=O)(=O)NC2CC2)cc1. The van der Waals surface area contributed by atoms with Crippen molar-refractivity contribution in [1.29, 1.82) is 0 Å². The number of hydrogen-bond acceptors (Lipinski definition) is 5. The number of nitrogens with zero attached hydrogens (tertiary/aromatic N) is 3. The van der Waals surface area contributed by atoms with Gasteiger partial charge in [0.25, 0.3) is 5.91 Å². The summed E-state index contributed by atoms with van der Waals surface area (Å²) < 4.78 is 66.7. The molecule has 158 valence electrons. The Morgan fingerprint density at radius 3 is 2.43 bits per heavy atom. The minimum atomic E-state index is -4.52. The molecule has 2 N–H and O–H groups in total. The Balaban J connectivity index is 1.46. The highest BCUT2D eigenvalue weighted by atomic mass is 32.2. The van der Waals surface area contributed by atoms with Crippen LogP contribution in [0.3, 0.4) is 0 Å². The molecule has 0 spiro atoms. The molecule has 0 bridgehead atoms. The Morgan fingerprint density at radius 2 is 1.80 bits per heavy atom. The second-order valence-corrected chi connectivity index (χ2v) is 8.58. The number of hydrogen-bond donors (Lipinski definition) is 2. The topological polar surface area (TPSA) is 105 Å². The van der Waals surface area contributed by atoms with Gasteiger partial charge in [0.15, 0.2) is 11.5 Å². The van der Waals surface area contributed by atoms with E-state index < -0.39 is 27.7 Å². The quantitative estimate of drug-likeness (QED) is 0.612. The van der Waals surface area contributed by atoms with Gasteiger partial charge in [-0.2, -0.15) is 13.2 Å². The average molecular weight is 439 g/mol. The van der Waals surface area contributed by atoms with E-state index in [1.807, 2.05) is 0 Å². The first-order chi connectivity index (χ1) is 14.1. The standard InChI is InChI=1S/C18H16F3N5O3S/c19-18(20,21)12-3-8-15-23-24-16(26(15)10-12)9-22-17(27)11-1-6-14(7-2-11)30(28,29)25-13-4-5-13/h1-3,6-8,10,13,25H,4-5,9H2,(H,22,27). The number of benzene rings is 1. The molecule has 3 aromatic rings. The van der Waals surface area contributed by atoms with E-state index in [0.29, 0.717) is 0 Å². The number of halogens is 3. The molecule has 0 atom stereocenters. The summed E-state index contributed by atoms with van der Waals surface area (Å²) in [5.41, 5.74) is -0.450. The summed E-state index contributed by atoms with van der Waals surface area (Å²) in [7, 11) is -3.62. The van der Waals surface area contributed by atoms with Crippen LogP contribution in [0.4, 0.5) is 13.2 Å². The average Bonchev–Trinajstić information content (AvgIpc) is 3.41. The van der Waals surface area contributed by atoms with Crippen molar-refractivity contribution in [2.75, 3.05) is 0 Å². The number of fused-ring (bicyclic) bond motifs is 1. The lowest BCUT2D eigenvalue weighted by Gasteiger charge is -2.09. The predicted octanol–water partition coefficient (Wildman–Crippen LogP) is 2.12. The van der Waals surface area contributed by atoms with E-state index in [4.69, 9.17) is 0 Å². The molecule has 2 aromatic heterocycles. The minimum absolute atomic E-state index is 0.0335. The van der Waals surface area contributed by atoms with Gasteiger partial charge in [0.2, 0.25) is 10.0 Å². The van der Waals surface area contributed by atoms with Crippen LogP contribution >= 0.6 is 0 Å². The van der Waals surface area contributed by atoms with E-state index in [1.165, 1.54) is 30.3 Å². The maximum absolute atomic E-state index is 12.9. The summed E-state index contributed by atoms with van der Waals surface area (Å²) in [6, 6.07) is 7.43. The molecule has 1 aromatic carbocycles. The molecule has 1 amide bonds. The molecular weight excluding hydrogens is 423 g/mol. The lowest BCUT2D eigenvalue weighted by Crippen LogP contribution is -2.26. The van der Waals surface area contributed by atoms with Crippen molar-refractivity contribution in [3.8, 4) is 0 Å². The third kappa shape index (κ3) is 4.28. The lowest BCUT2D eigenvalue weighted by atomic mass is 10.2. The molecule has 12 heteroatoms. The van der Waals surface area contributed by atoms with Gasteiger partial charge >= 0.3 is 6.18 Å². The summed E-state index contributed by atoms with van der Waals surface area (Å²) in [5, 5.41) is 10.1. The van der Waals surface area contributed by atoms with Gasteiger partial charge in [-0.1, -0.05) is 0 Å². The highest BCUT2D eigenvalue weighted by molar-refractivity contribution is 7.89. The van der Waals surface area contributed by atoms with Crippen molar-refractivity contribution < 1.29 is 26.4 Å². The number of carbonyl (C=O) groups is 1. The van der Waals surface area contributed by atoms with Crippen molar-refractivity contribution in [3.63, 3.8) is 0 Å². The second-order valence-electron chi connectivity index (χ2n) is 6.86. The van der Waals surface area contributed by atoms with Gasteiger partial charge in [-0.05, 0) is 49.2 Å². The van der Waals surface area contributed by atoms with E-state index in [0.717, 1.165) is 29.5 Å². The first kappa shape index (κ1) is 20.3. The third-order valence-corrected chi connectivity index (χ3v) is 6.07. The summed E-state index contributed by atoms with van der Waals surface area (Å²) in [4.78, 5) is 12.4. The first-order valence-electron chi connectivity index (χ1n) is 8.95. The number of sulfonamides is 1. The highest BCUT2D eigenvalue weighted by Crippen LogP contribution is 2.29. The normalized spacial score (nSPS) is 14.8. The molecular formula is C18H16F3N5O3S. The van der Waals surface area contributed by atoms with Crippen LogP contribution in [-0.4, -0.2) is 35.0 Å². The van der Waals surface area contributed by atoms with Crippen molar-refractivity contribution in [2.45, 2.75) is 36.5 Å². The van der Waals surface area contributed by atoms with Crippen molar-refractivity contribution >= 4 is 21.6 Å². The van der Waals surface area contributed by atoms with Crippen LogP contribution in [0, 0.1) is 0 Å². The van der Waals surface area contributed by atoms with Crippen LogP contribution in [0.25, 0.3) is 5.65 Å². The molecule has 1 fully saturated rings. The zero-order chi connectivity index (χ0) is 21.5. The van der Waals surface area contributed by atoms with Crippen LogP contribution < -0.4 is 10.0 Å². The number of nitrogens with one attached hydrogen (secondary N) is 2. The Morgan fingerprint density at radius 1 is 1.10 bits per heavy atom. The van der Waals surface area contributed by atoms with E-state index in [1.54, 1.807) is 0 Å². The fourth-order valence-corrected chi connectivity index (χ4v) is 4.07. The molecule has 0 saturated heterocycles. The van der Waals surface area contributed by atoms with Gasteiger partial charge in [-0.25, -0.2) is 13.1 Å². The van der Waals surface area contributed by atoms with Crippen LogP contribution in [0.2, 0.25) is 0 Å². The first-order valence-corrected chi connectivity index (χ1v) is 10.4.